The summed E-state index contributed by atoms with van der Waals surface area (Å²) in [5, 5.41) is 8.49. The lowest BCUT2D eigenvalue weighted by Crippen LogP contribution is -2.14. The smallest absolute Gasteiger partial charge is 0.0701 e. The molecule has 0 spiro atoms. The minimum absolute atomic E-state index is 0.0687. The maximum Gasteiger partial charge on any atom is 0.0701 e. The second kappa shape index (κ2) is 14.9. The van der Waals surface area contributed by atoms with Gasteiger partial charge in [0.15, 0.2) is 0 Å². The first-order valence-corrected chi connectivity index (χ1v) is 7.19. The van der Waals surface area contributed by atoms with Crippen LogP contribution in [0.15, 0.2) is 0 Å². The summed E-state index contributed by atoms with van der Waals surface area (Å²) in [4.78, 5) is 0. The highest BCUT2D eigenvalue weighted by atomic mass is 16.5. The molecule has 0 aliphatic carbocycles. The number of unbranched alkanes of at least 4 members (excludes halogenated alkanes) is 1. The lowest BCUT2D eigenvalue weighted by molar-refractivity contribution is 0.000964. The number of aliphatic hydroxyl groups is 1. The molecule has 0 amide bonds. The van der Waals surface area contributed by atoms with Crippen LogP contribution in [0.4, 0.5) is 0 Å². The van der Waals surface area contributed by atoms with Gasteiger partial charge in [0, 0.05) is 6.61 Å². The standard InChI is InChI=1S/C14H30O4/c1-3-5-6-14(4-2)13-18-12-11-17-10-9-16-8-7-15/h14-15H,3-13H2,1-2H3/t14-/m1/s1. The van der Waals surface area contributed by atoms with Gasteiger partial charge in [0.1, 0.15) is 0 Å². The fourth-order valence-corrected chi connectivity index (χ4v) is 1.65. The van der Waals surface area contributed by atoms with Crippen LogP contribution < -0.4 is 0 Å². The fourth-order valence-electron chi connectivity index (χ4n) is 1.65. The summed E-state index contributed by atoms with van der Waals surface area (Å²) in [6, 6.07) is 0. The molecule has 0 rings (SSSR count). The molecule has 0 aliphatic heterocycles. The number of ether oxygens (including phenoxy) is 3. The van der Waals surface area contributed by atoms with Crippen molar-refractivity contribution in [1.29, 1.82) is 0 Å². The van der Waals surface area contributed by atoms with Crippen molar-refractivity contribution < 1.29 is 19.3 Å². The first kappa shape index (κ1) is 17.8. The van der Waals surface area contributed by atoms with Gasteiger partial charge in [0.25, 0.3) is 0 Å². The van der Waals surface area contributed by atoms with Crippen molar-refractivity contribution >= 4 is 0 Å². The Morgan fingerprint density at radius 3 is 2.06 bits per heavy atom. The zero-order valence-corrected chi connectivity index (χ0v) is 12.0. The summed E-state index contributed by atoms with van der Waals surface area (Å²) in [6.07, 6.45) is 5.01. The molecule has 18 heavy (non-hydrogen) atoms. The first-order valence-electron chi connectivity index (χ1n) is 7.19. The maximum absolute atomic E-state index is 8.49. The summed E-state index contributed by atoms with van der Waals surface area (Å²) in [6.45, 7) is 8.12. The molecule has 0 aromatic carbocycles. The highest BCUT2D eigenvalue weighted by Gasteiger charge is 2.05. The molecule has 0 saturated carbocycles. The third-order valence-corrected chi connectivity index (χ3v) is 2.88. The zero-order valence-electron chi connectivity index (χ0n) is 12.0. The molecule has 0 saturated heterocycles. The van der Waals surface area contributed by atoms with E-state index in [9.17, 15) is 0 Å². The molecule has 1 atom stereocenters. The minimum Gasteiger partial charge on any atom is -0.394 e. The van der Waals surface area contributed by atoms with E-state index in [1.54, 1.807) is 0 Å². The number of rotatable bonds is 14. The van der Waals surface area contributed by atoms with E-state index in [0.29, 0.717) is 39.0 Å². The summed E-state index contributed by atoms with van der Waals surface area (Å²) < 4.78 is 16.0. The Balaban J connectivity index is 3.17. The van der Waals surface area contributed by atoms with Gasteiger partial charge in [0.05, 0.1) is 39.6 Å². The van der Waals surface area contributed by atoms with Crippen LogP contribution in [0.2, 0.25) is 0 Å². The van der Waals surface area contributed by atoms with Crippen molar-refractivity contribution in [3.05, 3.63) is 0 Å². The molecule has 0 heterocycles. The molecular weight excluding hydrogens is 232 g/mol. The van der Waals surface area contributed by atoms with E-state index in [0.717, 1.165) is 6.61 Å². The molecule has 0 aliphatic rings. The minimum atomic E-state index is 0.0687. The van der Waals surface area contributed by atoms with Crippen LogP contribution >= 0.6 is 0 Å². The first-order chi connectivity index (χ1) is 8.85. The Morgan fingerprint density at radius 1 is 0.889 bits per heavy atom. The molecule has 4 heteroatoms. The van der Waals surface area contributed by atoms with E-state index in [1.807, 2.05) is 0 Å². The lowest BCUT2D eigenvalue weighted by Gasteiger charge is -2.14. The van der Waals surface area contributed by atoms with E-state index in [-0.39, 0.29) is 6.61 Å². The molecular formula is C14H30O4. The topological polar surface area (TPSA) is 47.9 Å². The molecule has 1 N–H and O–H groups in total. The summed E-state index contributed by atoms with van der Waals surface area (Å²) >= 11 is 0. The van der Waals surface area contributed by atoms with Gasteiger partial charge in [-0.25, -0.2) is 0 Å². The molecule has 0 radical (unpaired) electrons. The van der Waals surface area contributed by atoms with Gasteiger partial charge >= 0.3 is 0 Å². The number of hydrogen-bond donors (Lipinski definition) is 1. The lowest BCUT2D eigenvalue weighted by atomic mass is 10.0. The van der Waals surface area contributed by atoms with Crippen molar-refractivity contribution in [2.24, 2.45) is 5.92 Å². The average molecular weight is 262 g/mol. The van der Waals surface area contributed by atoms with Gasteiger partial charge < -0.3 is 19.3 Å². The molecule has 0 unspecified atom stereocenters. The number of hydrogen-bond acceptors (Lipinski definition) is 4. The molecule has 0 aromatic heterocycles. The molecule has 0 fully saturated rings. The summed E-state index contributed by atoms with van der Waals surface area (Å²) in [7, 11) is 0. The third kappa shape index (κ3) is 12.3. The number of aliphatic hydroxyl groups excluding tert-OH is 1. The van der Waals surface area contributed by atoms with Crippen LogP contribution in [-0.4, -0.2) is 51.4 Å². The van der Waals surface area contributed by atoms with Crippen molar-refractivity contribution in [3.63, 3.8) is 0 Å². The zero-order chi connectivity index (χ0) is 13.5. The van der Waals surface area contributed by atoms with Crippen LogP contribution in [0.1, 0.15) is 39.5 Å². The second-order valence-corrected chi connectivity index (χ2v) is 4.44. The Morgan fingerprint density at radius 2 is 1.50 bits per heavy atom. The normalized spacial score (nSPS) is 12.8. The average Bonchev–Trinajstić information content (AvgIpc) is 2.40. The van der Waals surface area contributed by atoms with Gasteiger partial charge in [0.2, 0.25) is 0 Å². The Kier molecular flexibility index (Phi) is 14.8. The quantitative estimate of drug-likeness (QED) is 0.488. The second-order valence-electron chi connectivity index (χ2n) is 4.44. The van der Waals surface area contributed by atoms with Crippen molar-refractivity contribution in [2.45, 2.75) is 39.5 Å². The predicted octanol–water partition coefficient (Wildman–Crippen LogP) is 2.24. The Bertz CT molecular complexity index is 153. The Hall–Kier alpha value is -0.160. The van der Waals surface area contributed by atoms with E-state index >= 15 is 0 Å². The van der Waals surface area contributed by atoms with Gasteiger partial charge in [-0.15, -0.1) is 0 Å². The van der Waals surface area contributed by atoms with Gasteiger partial charge in [-0.05, 0) is 12.3 Å². The van der Waals surface area contributed by atoms with E-state index < -0.39 is 0 Å². The summed E-state index contributed by atoms with van der Waals surface area (Å²) in [5.41, 5.74) is 0. The molecule has 0 aromatic rings. The highest BCUT2D eigenvalue weighted by Crippen LogP contribution is 2.12. The SMILES string of the molecule is CCCC[C@@H](CC)COCCOCCOCCO. The van der Waals surface area contributed by atoms with E-state index in [1.165, 1.54) is 25.7 Å². The van der Waals surface area contributed by atoms with Crippen LogP contribution in [-0.2, 0) is 14.2 Å². The highest BCUT2D eigenvalue weighted by molar-refractivity contribution is 4.55. The van der Waals surface area contributed by atoms with Crippen LogP contribution in [0.3, 0.4) is 0 Å². The van der Waals surface area contributed by atoms with Crippen molar-refractivity contribution in [2.75, 3.05) is 46.2 Å². The van der Waals surface area contributed by atoms with Gasteiger partial charge in [-0.3, -0.25) is 0 Å². The fraction of sp³-hybridized carbons (Fsp3) is 1.00. The predicted molar refractivity (Wildman–Crippen MR) is 72.8 cm³/mol. The maximum atomic E-state index is 8.49. The monoisotopic (exact) mass is 262 g/mol. The van der Waals surface area contributed by atoms with Crippen molar-refractivity contribution in [1.82, 2.24) is 0 Å². The third-order valence-electron chi connectivity index (χ3n) is 2.88. The summed E-state index contributed by atoms with van der Waals surface area (Å²) in [5.74, 6) is 0.692. The van der Waals surface area contributed by atoms with Crippen LogP contribution in [0.5, 0.6) is 0 Å². The Labute approximate surface area is 112 Å². The van der Waals surface area contributed by atoms with E-state index in [2.05, 4.69) is 13.8 Å². The molecule has 0 bridgehead atoms. The van der Waals surface area contributed by atoms with Gasteiger partial charge in [-0.2, -0.15) is 0 Å². The molecule has 110 valence electrons. The largest absolute Gasteiger partial charge is 0.394 e. The molecule has 4 nitrogen and oxygen atoms in total. The van der Waals surface area contributed by atoms with Crippen LogP contribution in [0, 0.1) is 5.92 Å². The van der Waals surface area contributed by atoms with Crippen LogP contribution in [0.25, 0.3) is 0 Å². The van der Waals surface area contributed by atoms with Gasteiger partial charge in [-0.1, -0.05) is 33.1 Å². The van der Waals surface area contributed by atoms with Crippen molar-refractivity contribution in [3.8, 4) is 0 Å². The van der Waals surface area contributed by atoms with E-state index in [4.69, 9.17) is 19.3 Å².